The summed E-state index contributed by atoms with van der Waals surface area (Å²) in [5.74, 6) is 2.23. The zero-order valence-corrected chi connectivity index (χ0v) is 14.8. The van der Waals surface area contributed by atoms with Crippen LogP contribution in [0.5, 0.6) is 0 Å². The molecule has 1 aromatic carbocycles. The molecule has 0 radical (unpaired) electrons. The molecule has 120 valence electrons. The molecule has 0 spiro atoms. The Morgan fingerprint density at radius 1 is 1.41 bits per heavy atom. The average Bonchev–Trinajstić information content (AvgIpc) is 3.10. The molecule has 22 heavy (non-hydrogen) atoms. The molecule has 0 aromatic heterocycles. The van der Waals surface area contributed by atoms with Crippen LogP contribution in [0, 0.1) is 5.92 Å². The first-order chi connectivity index (χ1) is 10.7. The van der Waals surface area contributed by atoms with Crippen molar-refractivity contribution in [2.24, 2.45) is 10.9 Å². The molecule has 4 nitrogen and oxygen atoms in total. The van der Waals surface area contributed by atoms with Crippen LogP contribution in [-0.4, -0.2) is 50.8 Å². The zero-order chi connectivity index (χ0) is 15.5. The van der Waals surface area contributed by atoms with Crippen molar-refractivity contribution in [2.75, 3.05) is 33.9 Å². The number of hydrogen-bond donors (Lipinski definition) is 1. The van der Waals surface area contributed by atoms with Crippen LogP contribution in [-0.2, 0) is 4.74 Å². The van der Waals surface area contributed by atoms with Gasteiger partial charge in [-0.25, -0.2) is 0 Å². The van der Waals surface area contributed by atoms with E-state index in [2.05, 4.69) is 62.5 Å². The molecule has 1 aromatic rings. The van der Waals surface area contributed by atoms with E-state index in [1.807, 2.05) is 7.05 Å². The Bertz CT molecular complexity index is 525. The van der Waals surface area contributed by atoms with Gasteiger partial charge in [0.15, 0.2) is 5.96 Å². The maximum Gasteiger partial charge on any atom is 0.193 e. The molecule has 0 amide bonds. The molecule has 2 fully saturated rings. The summed E-state index contributed by atoms with van der Waals surface area (Å²) in [6.07, 6.45) is 2.34. The Kier molecular flexibility index (Phi) is 5.03. The highest BCUT2D eigenvalue weighted by atomic mass is 79.9. The Morgan fingerprint density at radius 2 is 2.18 bits per heavy atom. The predicted molar refractivity (Wildman–Crippen MR) is 93.3 cm³/mol. The van der Waals surface area contributed by atoms with Crippen LogP contribution in [0.4, 0.5) is 0 Å². The van der Waals surface area contributed by atoms with Crippen LogP contribution < -0.4 is 5.32 Å². The van der Waals surface area contributed by atoms with Gasteiger partial charge >= 0.3 is 0 Å². The highest BCUT2D eigenvalue weighted by molar-refractivity contribution is 9.10. The summed E-state index contributed by atoms with van der Waals surface area (Å²) in [6, 6.07) is 9.15. The second-order valence-electron chi connectivity index (χ2n) is 6.30. The third-order valence-corrected chi connectivity index (χ3v) is 5.06. The molecule has 0 bridgehead atoms. The van der Waals surface area contributed by atoms with E-state index < -0.39 is 0 Å². The van der Waals surface area contributed by atoms with E-state index in [9.17, 15) is 0 Å². The van der Waals surface area contributed by atoms with Gasteiger partial charge in [0.25, 0.3) is 0 Å². The number of guanidine groups is 1. The van der Waals surface area contributed by atoms with E-state index in [1.54, 1.807) is 0 Å². The van der Waals surface area contributed by atoms with Gasteiger partial charge in [-0.15, -0.1) is 0 Å². The van der Waals surface area contributed by atoms with Gasteiger partial charge in [-0.3, -0.25) is 4.99 Å². The Labute approximate surface area is 141 Å². The smallest absolute Gasteiger partial charge is 0.193 e. The second kappa shape index (κ2) is 7.01. The summed E-state index contributed by atoms with van der Waals surface area (Å²) in [7, 11) is 3.98. The van der Waals surface area contributed by atoms with Crippen LogP contribution >= 0.6 is 15.9 Å². The minimum atomic E-state index is 0.502. The summed E-state index contributed by atoms with van der Waals surface area (Å²) in [5.41, 5.74) is 1.41. The van der Waals surface area contributed by atoms with Gasteiger partial charge in [0, 0.05) is 49.6 Å². The molecular formula is C17H24BrN3O. The largest absolute Gasteiger partial charge is 0.381 e. The molecule has 1 saturated heterocycles. The fourth-order valence-electron chi connectivity index (χ4n) is 3.15. The highest BCUT2D eigenvalue weighted by Gasteiger charge is 2.39. The molecule has 3 rings (SSSR count). The van der Waals surface area contributed by atoms with Crippen molar-refractivity contribution < 1.29 is 4.74 Å². The third-order valence-electron chi connectivity index (χ3n) is 4.53. The topological polar surface area (TPSA) is 36.9 Å². The Balaban J connectivity index is 1.52. The molecular weight excluding hydrogens is 342 g/mol. The first-order valence-corrected chi connectivity index (χ1v) is 8.74. The van der Waals surface area contributed by atoms with Gasteiger partial charge < -0.3 is 15.0 Å². The Morgan fingerprint density at radius 3 is 2.82 bits per heavy atom. The lowest BCUT2D eigenvalue weighted by molar-refractivity contribution is 0.181. The van der Waals surface area contributed by atoms with Crippen molar-refractivity contribution in [3.05, 3.63) is 34.3 Å². The van der Waals surface area contributed by atoms with Crippen molar-refractivity contribution in [2.45, 2.75) is 24.8 Å². The van der Waals surface area contributed by atoms with Crippen LogP contribution in [0.25, 0.3) is 0 Å². The summed E-state index contributed by atoms with van der Waals surface area (Å²) >= 11 is 3.49. The third kappa shape index (κ3) is 3.82. The monoisotopic (exact) mass is 365 g/mol. The molecule has 3 unspecified atom stereocenters. The summed E-state index contributed by atoms with van der Waals surface area (Å²) in [4.78, 5) is 6.67. The van der Waals surface area contributed by atoms with Gasteiger partial charge in [0.1, 0.15) is 0 Å². The number of rotatable bonds is 4. The minimum Gasteiger partial charge on any atom is -0.381 e. The van der Waals surface area contributed by atoms with Gasteiger partial charge in [-0.1, -0.05) is 28.1 Å². The summed E-state index contributed by atoms with van der Waals surface area (Å²) < 4.78 is 6.59. The first-order valence-electron chi connectivity index (χ1n) is 7.95. The number of benzene rings is 1. The van der Waals surface area contributed by atoms with Gasteiger partial charge in [-0.05, 0) is 30.5 Å². The standard InChI is InChI=1S/C17H24BrN3O/c1-19-17(21(2)10-12-7-8-22-11-12)20-16-9-15(16)13-3-5-14(18)6-4-13/h3-6,12,15-16H,7-11H2,1-2H3,(H,19,20). The van der Waals surface area contributed by atoms with Crippen LogP contribution in [0.1, 0.15) is 24.3 Å². The quantitative estimate of drug-likeness (QED) is 0.658. The van der Waals surface area contributed by atoms with Crippen molar-refractivity contribution >= 4 is 21.9 Å². The van der Waals surface area contributed by atoms with Gasteiger partial charge in [-0.2, -0.15) is 0 Å². The van der Waals surface area contributed by atoms with E-state index in [1.165, 1.54) is 12.0 Å². The van der Waals surface area contributed by atoms with E-state index in [0.717, 1.165) is 36.6 Å². The van der Waals surface area contributed by atoms with Gasteiger partial charge in [0.2, 0.25) is 0 Å². The number of halogens is 1. The highest BCUT2D eigenvalue weighted by Crippen LogP contribution is 2.41. The van der Waals surface area contributed by atoms with E-state index >= 15 is 0 Å². The summed E-state index contributed by atoms with van der Waals surface area (Å²) in [6.45, 7) is 2.79. The van der Waals surface area contributed by atoms with Crippen LogP contribution in [0.2, 0.25) is 0 Å². The van der Waals surface area contributed by atoms with Crippen molar-refractivity contribution in [1.29, 1.82) is 0 Å². The van der Waals surface area contributed by atoms with Crippen molar-refractivity contribution in [3.8, 4) is 0 Å². The number of nitrogens with one attached hydrogen (secondary N) is 1. The maximum absolute atomic E-state index is 5.46. The lowest BCUT2D eigenvalue weighted by Gasteiger charge is -2.24. The number of ether oxygens (including phenoxy) is 1. The van der Waals surface area contributed by atoms with Crippen LogP contribution in [0.3, 0.4) is 0 Å². The first kappa shape index (κ1) is 15.8. The van der Waals surface area contributed by atoms with Crippen molar-refractivity contribution in [1.82, 2.24) is 10.2 Å². The molecule has 1 N–H and O–H groups in total. The zero-order valence-electron chi connectivity index (χ0n) is 13.3. The molecule has 1 aliphatic carbocycles. The number of hydrogen-bond acceptors (Lipinski definition) is 2. The molecule has 2 aliphatic rings. The summed E-state index contributed by atoms with van der Waals surface area (Å²) in [5, 5.41) is 3.60. The lowest BCUT2D eigenvalue weighted by Crippen LogP contribution is -2.42. The molecule has 3 atom stereocenters. The minimum absolute atomic E-state index is 0.502. The SMILES string of the molecule is CN=C(NC1CC1c1ccc(Br)cc1)N(C)CC1CCOC1. The van der Waals surface area contributed by atoms with Gasteiger partial charge in [0.05, 0.1) is 6.61 Å². The lowest BCUT2D eigenvalue weighted by atomic mass is 10.1. The fraction of sp³-hybridized carbons (Fsp3) is 0.588. The Hall–Kier alpha value is -1.07. The fourth-order valence-corrected chi connectivity index (χ4v) is 3.41. The van der Waals surface area contributed by atoms with E-state index in [4.69, 9.17) is 4.74 Å². The number of nitrogens with zero attached hydrogens (tertiary/aromatic N) is 2. The van der Waals surface area contributed by atoms with E-state index in [0.29, 0.717) is 17.9 Å². The van der Waals surface area contributed by atoms with Crippen LogP contribution in [0.15, 0.2) is 33.7 Å². The van der Waals surface area contributed by atoms with Crippen molar-refractivity contribution in [3.63, 3.8) is 0 Å². The number of aliphatic imine (C=N–C) groups is 1. The average molecular weight is 366 g/mol. The molecule has 5 heteroatoms. The molecule has 1 saturated carbocycles. The molecule has 1 aliphatic heterocycles. The molecule has 1 heterocycles. The predicted octanol–water partition coefficient (Wildman–Crippen LogP) is 2.85. The second-order valence-corrected chi connectivity index (χ2v) is 7.22. The maximum atomic E-state index is 5.46. The normalized spacial score (nSPS) is 27.8. The van der Waals surface area contributed by atoms with E-state index in [-0.39, 0.29) is 0 Å².